The van der Waals surface area contributed by atoms with Crippen LogP contribution in [0.3, 0.4) is 0 Å². The van der Waals surface area contributed by atoms with Gasteiger partial charge in [-0.2, -0.15) is 0 Å². The molecular formula is C12H11BrClNO. The van der Waals surface area contributed by atoms with Crippen LogP contribution in [-0.2, 0) is 0 Å². The van der Waals surface area contributed by atoms with Crippen LogP contribution in [-0.4, -0.2) is 7.05 Å². The summed E-state index contributed by atoms with van der Waals surface area (Å²) in [5.74, 6) is 0. The first-order valence-corrected chi connectivity index (χ1v) is 6.04. The zero-order chi connectivity index (χ0) is 11.5. The van der Waals surface area contributed by atoms with Crippen molar-refractivity contribution < 1.29 is 4.42 Å². The number of nitrogens with one attached hydrogen (secondary N) is 1. The molecule has 0 spiro atoms. The third kappa shape index (κ3) is 2.32. The van der Waals surface area contributed by atoms with Gasteiger partial charge in [-0.1, -0.05) is 27.5 Å². The van der Waals surface area contributed by atoms with Crippen molar-refractivity contribution >= 4 is 27.5 Å². The van der Waals surface area contributed by atoms with Crippen LogP contribution < -0.4 is 5.32 Å². The van der Waals surface area contributed by atoms with Crippen molar-refractivity contribution in [2.24, 2.45) is 0 Å². The summed E-state index contributed by atoms with van der Waals surface area (Å²) in [6.07, 6.45) is 3.40. The van der Waals surface area contributed by atoms with E-state index >= 15 is 0 Å². The first-order chi connectivity index (χ1) is 7.72. The van der Waals surface area contributed by atoms with Gasteiger partial charge in [-0.3, -0.25) is 0 Å². The van der Waals surface area contributed by atoms with Gasteiger partial charge in [0, 0.05) is 15.1 Å². The zero-order valence-corrected chi connectivity index (χ0v) is 11.0. The quantitative estimate of drug-likeness (QED) is 0.926. The molecule has 1 N–H and O–H groups in total. The van der Waals surface area contributed by atoms with Gasteiger partial charge >= 0.3 is 0 Å². The maximum atomic E-state index is 6.01. The molecule has 1 aromatic heterocycles. The highest BCUT2D eigenvalue weighted by molar-refractivity contribution is 9.10. The minimum atomic E-state index is 0.0758. The van der Waals surface area contributed by atoms with Crippen LogP contribution in [0.5, 0.6) is 0 Å². The monoisotopic (exact) mass is 299 g/mol. The topological polar surface area (TPSA) is 25.2 Å². The van der Waals surface area contributed by atoms with Gasteiger partial charge in [0.05, 0.1) is 18.6 Å². The Morgan fingerprint density at radius 2 is 2.19 bits per heavy atom. The summed E-state index contributed by atoms with van der Waals surface area (Å²) >= 11 is 9.54. The lowest BCUT2D eigenvalue weighted by atomic mass is 10.0. The molecule has 0 radical (unpaired) electrons. The molecule has 0 fully saturated rings. The lowest BCUT2D eigenvalue weighted by molar-refractivity contribution is 0.557. The largest absolute Gasteiger partial charge is 0.472 e. The van der Waals surface area contributed by atoms with E-state index in [-0.39, 0.29) is 6.04 Å². The van der Waals surface area contributed by atoms with E-state index in [2.05, 4.69) is 21.2 Å². The lowest BCUT2D eigenvalue weighted by Crippen LogP contribution is -2.17. The highest BCUT2D eigenvalue weighted by atomic mass is 79.9. The van der Waals surface area contributed by atoms with E-state index in [9.17, 15) is 0 Å². The number of halogens is 2. The highest BCUT2D eigenvalue weighted by Gasteiger charge is 2.16. The van der Waals surface area contributed by atoms with Gasteiger partial charge in [0.25, 0.3) is 0 Å². The van der Waals surface area contributed by atoms with Crippen molar-refractivity contribution in [3.8, 4) is 0 Å². The Labute approximate surface area is 108 Å². The molecule has 84 valence electrons. The van der Waals surface area contributed by atoms with Crippen LogP contribution in [0.2, 0.25) is 5.02 Å². The molecule has 16 heavy (non-hydrogen) atoms. The SMILES string of the molecule is CNC(c1ccoc1)c1cc(Cl)ccc1Br. The molecular weight excluding hydrogens is 289 g/mol. The van der Waals surface area contributed by atoms with E-state index in [1.54, 1.807) is 12.5 Å². The van der Waals surface area contributed by atoms with Crippen LogP contribution in [0.15, 0.2) is 45.7 Å². The fourth-order valence-electron chi connectivity index (χ4n) is 1.68. The molecule has 1 aromatic carbocycles. The maximum Gasteiger partial charge on any atom is 0.0953 e. The molecule has 0 saturated heterocycles. The standard InChI is InChI=1S/C12H11BrClNO/c1-15-12(8-4-5-16-7-8)10-6-9(14)2-3-11(10)13/h2-7,12,15H,1H3. The molecule has 0 aliphatic rings. The van der Waals surface area contributed by atoms with Crippen molar-refractivity contribution in [1.82, 2.24) is 5.32 Å². The minimum Gasteiger partial charge on any atom is -0.472 e. The van der Waals surface area contributed by atoms with Crippen LogP contribution in [0.4, 0.5) is 0 Å². The van der Waals surface area contributed by atoms with Crippen molar-refractivity contribution in [3.63, 3.8) is 0 Å². The van der Waals surface area contributed by atoms with Crippen molar-refractivity contribution in [1.29, 1.82) is 0 Å². The van der Waals surface area contributed by atoms with E-state index in [1.165, 1.54) is 0 Å². The fraction of sp³-hybridized carbons (Fsp3) is 0.167. The van der Waals surface area contributed by atoms with E-state index in [0.717, 1.165) is 20.6 Å². The van der Waals surface area contributed by atoms with Gasteiger partial charge in [0.1, 0.15) is 0 Å². The highest BCUT2D eigenvalue weighted by Crippen LogP contribution is 2.30. The van der Waals surface area contributed by atoms with Gasteiger partial charge in [-0.25, -0.2) is 0 Å². The van der Waals surface area contributed by atoms with Gasteiger partial charge in [-0.15, -0.1) is 0 Å². The van der Waals surface area contributed by atoms with E-state index in [1.807, 2.05) is 31.3 Å². The zero-order valence-electron chi connectivity index (χ0n) is 8.71. The molecule has 0 amide bonds. The first-order valence-electron chi connectivity index (χ1n) is 4.86. The number of rotatable bonds is 3. The summed E-state index contributed by atoms with van der Waals surface area (Å²) < 4.78 is 6.13. The molecule has 2 rings (SSSR count). The third-order valence-corrected chi connectivity index (χ3v) is 3.39. The smallest absolute Gasteiger partial charge is 0.0953 e. The van der Waals surface area contributed by atoms with Crippen molar-refractivity contribution in [3.05, 3.63) is 57.4 Å². The summed E-state index contributed by atoms with van der Waals surface area (Å²) in [6, 6.07) is 7.76. The summed E-state index contributed by atoms with van der Waals surface area (Å²) in [7, 11) is 1.91. The average molecular weight is 301 g/mol. The summed E-state index contributed by atoms with van der Waals surface area (Å²) in [5, 5.41) is 3.96. The van der Waals surface area contributed by atoms with E-state index in [4.69, 9.17) is 16.0 Å². The Kier molecular flexibility index (Phi) is 3.69. The van der Waals surface area contributed by atoms with Crippen molar-refractivity contribution in [2.45, 2.75) is 6.04 Å². The number of benzene rings is 1. The third-order valence-electron chi connectivity index (χ3n) is 2.43. The Balaban J connectivity index is 2.44. The molecule has 1 unspecified atom stereocenters. The molecule has 1 atom stereocenters. The van der Waals surface area contributed by atoms with Gasteiger partial charge in [0.15, 0.2) is 0 Å². The number of hydrogen-bond acceptors (Lipinski definition) is 2. The molecule has 0 aliphatic carbocycles. The van der Waals surface area contributed by atoms with Gasteiger partial charge < -0.3 is 9.73 Å². The molecule has 2 aromatic rings. The fourth-order valence-corrected chi connectivity index (χ4v) is 2.33. The van der Waals surface area contributed by atoms with Gasteiger partial charge in [-0.05, 0) is 36.9 Å². The lowest BCUT2D eigenvalue weighted by Gasteiger charge is -2.16. The predicted octanol–water partition coefficient (Wildman–Crippen LogP) is 4.00. The van der Waals surface area contributed by atoms with Crippen molar-refractivity contribution in [2.75, 3.05) is 7.05 Å². The second kappa shape index (κ2) is 5.04. The molecule has 0 saturated carbocycles. The van der Waals surface area contributed by atoms with Crippen LogP contribution in [0.25, 0.3) is 0 Å². The first kappa shape index (κ1) is 11.7. The average Bonchev–Trinajstić information content (AvgIpc) is 2.78. The normalized spacial score (nSPS) is 12.7. The van der Waals surface area contributed by atoms with E-state index < -0.39 is 0 Å². The molecule has 2 nitrogen and oxygen atoms in total. The number of hydrogen-bond donors (Lipinski definition) is 1. The van der Waals surface area contributed by atoms with Crippen LogP contribution >= 0.6 is 27.5 Å². The Hall–Kier alpha value is -0.770. The van der Waals surface area contributed by atoms with Gasteiger partial charge in [0.2, 0.25) is 0 Å². The van der Waals surface area contributed by atoms with E-state index in [0.29, 0.717) is 0 Å². The Morgan fingerprint density at radius 1 is 1.38 bits per heavy atom. The summed E-state index contributed by atoms with van der Waals surface area (Å²) in [6.45, 7) is 0. The Bertz CT molecular complexity index is 470. The maximum absolute atomic E-state index is 6.01. The molecule has 4 heteroatoms. The minimum absolute atomic E-state index is 0.0758. The summed E-state index contributed by atoms with van der Waals surface area (Å²) in [4.78, 5) is 0. The summed E-state index contributed by atoms with van der Waals surface area (Å²) in [5.41, 5.74) is 2.17. The predicted molar refractivity (Wildman–Crippen MR) is 68.8 cm³/mol. The second-order valence-electron chi connectivity index (χ2n) is 3.44. The molecule has 1 heterocycles. The second-order valence-corrected chi connectivity index (χ2v) is 4.73. The van der Waals surface area contributed by atoms with Crippen LogP contribution in [0.1, 0.15) is 17.2 Å². The molecule has 0 aliphatic heterocycles. The number of furan rings is 1. The molecule has 0 bridgehead atoms. The van der Waals surface area contributed by atoms with Crippen LogP contribution in [0, 0.1) is 0 Å². The Morgan fingerprint density at radius 3 is 2.81 bits per heavy atom.